The van der Waals surface area contributed by atoms with Gasteiger partial charge in [-0.2, -0.15) is 0 Å². The molecule has 1 aliphatic heterocycles. The highest BCUT2D eigenvalue weighted by Crippen LogP contribution is 2.24. The summed E-state index contributed by atoms with van der Waals surface area (Å²) in [5, 5.41) is 27.0. The monoisotopic (exact) mass is 218 g/mol. The maximum absolute atomic E-state index is 10.9. The third-order valence-corrected chi connectivity index (χ3v) is 1.71. The topological polar surface area (TPSA) is 113 Å². The van der Waals surface area contributed by atoms with Crippen LogP contribution >= 0.6 is 0 Å². The molecule has 0 bridgehead atoms. The molecule has 0 aromatic rings. The number of cyclic esters (lactones) is 1. The van der Waals surface area contributed by atoms with E-state index in [1.54, 1.807) is 0 Å². The average molecular weight is 218 g/mol. The van der Waals surface area contributed by atoms with Gasteiger partial charge in [-0.1, -0.05) is 0 Å². The number of rotatable bonds is 3. The molecule has 0 aromatic carbocycles. The van der Waals surface area contributed by atoms with E-state index >= 15 is 0 Å². The molecule has 0 unspecified atom stereocenters. The summed E-state index contributed by atoms with van der Waals surface area (Å²) < 4.78 is 8.99. The minimum Gasteiger partial charge on any atom is -0.499 e. The van der Waals surface area contributed by atoms with Crippen LogP contribution < -0.4 is 0 Å². The Kier molecular flexibility index (Phi) is 3.28. The van der Waals surface area contributed by atoms with Crippen LogP contribution in [0, 0.1) is 0 Å². The van der Waals surface area contributed by atoms with E-state index in [1.807, 2.05) is 0 Å². The molecule has 0 aliphatic carbocycles. The summed E-state index contributed by atoms with van der Waals surface area (Å²) in [5.41, 5.74) is 0. The smallest absolute Gasteiger partial charge is 0.378 e. The second kappa shape index (κ2) is 4.28. The normalized spacial score (nSPS) is 22.6. The van der Waals surface area contributed by atoms with Crippen LogP contribution in [0.25, 0.3) is 0 Å². The van der Waals surface area contributed by atoms with Crippen LogP contribution in [0.5, 0.6) is 0 Å². The molecule has 1 rings (SSSR count). The highest BCUT2D eigenvalue weighted by atomic mass is 16.6. The highest BCUT2D eigenvalue weighted by Gasteiger charge is 2.41. The summed E-state index contributed by atoms with van der Waals surface area (Å²) in [6.07, 6.45) is -2.81. The van der Waals surface area contributed by atoms with Crippen LogP contribution in [0.15, 0.2) is 11.5 Å². The Balaban J connectivity index is 2.92. The Hall–Kier alpha value is -1.60. The summed E-state index contributed by atoms with van der Waals surface area (Å²) in [4.78, 5) is 21.5. The van der Waals surface area contributed by atoms with Crippen molar-refractivity contribution in [2.24, 2.45) is 0 Å². The summed E-state index contributed by atoms with van der Waals surface area (Å²) in [5.74, 6) is -3.23. The fraction of sp³-hybridized carbons (Fsp3) is 0.500. The SMILES string of the molecule is CC(=O)OC1=C(O)C(=O)O[C@@H]1[C@@H](O)CO. The standard InChI is InChI=1S/C8H10O7/c1-3(10)14-7-5(12)8(13)15-6(7)4(11)2-9/h4,6,9,11-12H,2H2,1H3/t4-,6+/m0/s1. The van der Waals surface area contributed by atoms with Gasteiger partial charge in [0, 0.05) is 6.92 Å². The van der Waals surface area contributed by atoms with E-state index in [-0.39, 0.29) is 0 Å². The largest absolute Gasteiger partial charge is 0.499 e. The second-order valence-corrected chi connectivity index (χ2v) is 2.88. The zero-order chi connectivity index (χ0) is 11.6. The van der Waals surface area contributed by atoms with Gasteiger partial charge in [0.15, 0.2) is 6.10 Å². The molecule has 1 heterocycles. The third kappa shape index (κ3) is 2.25. The van der Waals surface area contributed by atoms with Gasteiger partial charge in [0.2, 0.25) is 11.5 Å². The molecule has 15 heavy (non-hydrogen) atoms. The quantitative estimate of drug-likeness (QED) is 0.499. The second-order valence-electron chi connectivity index (χ2n) is 2.88. The van der Waals surface area contributed by atoms with Gasteiger partial charge in [-0.15, -0.1) is 0 Å². The first-order valence-electron chi connectivity index (χ1n) is 4.08. The van der Waals surface area contributed by atoms with Crippen molar-refractivity contribution >= 4 is 11.9 Å². The number of carbonyl (C=O) groups is 2. The molecule has 1 aliphatic rings. The molecule has 0 aromatic heterocycles. The maximum atomic E-state index is 10.9. The van der Waals surface area contributed by atoms with Gasteiger partial charge in [0.1, 0.15) is 6.10 Å². The lowest BCUT2D eigenvalue weighted by atomic mass is 10.2. The van der Waals surface area contributed by atoms with Crippen molar-refractivity contribution in [1.82, 2.24) is 0 Å². The summed E-state index contributed by atoms with van der Waals surface area (Å²) in [6.45, 7) is 0.363. The van der Waals surface area contributed by atoms with Gasteiger partial charge < -0.3 is 24.8 Å². The molecule has 0 spiro atoms. The first-order chi connectivity index (χ1) is 6.97. The number of carbonyl (C=O) groups excluding carboxylic acids is 2. The first-order valence-corrected chi connectivity index (χ1v) is 4.08. The molecule has 0 fully saturated rings. The molecule has 7 nitrogen and oxygen atoms in total. The average Bonchev–Trinajstić information content (AvgIpc) is 2.44. The molecule has 2 atom stereocenters. The molecule has 7 heteroatoms. The minimum atomic E-state index is -1.45. The predicted molar refractivity (Wildman–Crippen MR) is 44.4 cm³/mol. The number of hydrogen-bond donors (Lipinski definition) is 3. The summed E-state index contributed by atoms with van der Waals surface area (Å²) in [6, 6.07) is 0. The van der Waals surface area contributed by atoms with E-state index in [0.717, 1.165) is 6.92 Å². The van der Waals surface area contributed by atoms with Crippen LogP contribution in [-0.4, -0.2) is 46.1 Å². The van der Waals surface area contributed by atoms with Crippen LogP contribution in [-0.2, 0) is 19.1 Å². The van der Waals surface area contributed by atoms with Gasteiger partial charge in [0.05, 0.1) is 6.61 Å². The van der Waals surface area contributed by atoms with Crippen molar-refractivity contribution in [3.05, 3.63) is 11.5 Å². The number of aliphatic hydroxyl groups is 3. The van der Waals surface area contributed by atoms with Crippen molar-refractivity contribution in [3.63, 3.8) is 0 Å². The fourth-order valence-electron chi connectivity index (χ4n) is 1.07. The van der Waals surface area contributed by atoms with E-state index in [1.165, 1.54) is 0 Å². The molecule has 3 N–H and O–H groups in total. The predicted octanol–water partition coefficient (Wildman–Crippen LogP) is -1.40. The Morgan fingerprint density at radius 2 is 2.27 bits per heavy atom. The fourth-order valence-corrected chi connectivity index (χ4v) is 1.07. The Labute approximate surface area is 84.5 Å². The van der Waals surface area contributed by atoms with E-state index in [2.05, 4.69) is 9.47 Å². The lowest BCUT2D eigenvalue weighted by Gasteiger charge is -2.16. The molecule has 0 amide bonds. The lowest BCUT2D eigenvalue weighted by Crippen LogP contribution is -2.32. The van der Waals surface area contributed by atoms with Crippen molar-refractivity contribution in [3.8, 4) is 0 Å². The zero-order valence-corrected chi connectivity index (χ0v) is 7.84. The Morgan fingerprint density at radius 3 is 2.73 bits per heavy atom. The summed E-state index contributed by atoms with van der Waals surface area (Å²) >= 11 is 0. The van der Waals surface area contributed by atoms with Crippen LogP contribution in [0.3, 0.4) is 0 Å². The molecular weight excluding hydrogens is 208 g/mol. The van der Waals surface area contributed by atoms with Crippen molar-refractivity contribution in [1.29, 1.82) is 0 Å². The van der Waals surface area contributed by atoms with Gasteiger partial charge in [-0.25, -0.2) is 4.79 Å². The molecular formula is C8H10O7. The number of ether oxygens (including phenoxy) is 2. The number of aliphatic hydroxyl groups excluding tert-OH is 3. The molecule has 0 saturated carbocycles. The third-order valence-electron chi connectivity index (χ3n) is 1.71. The van der Waals surface area contributed by atoms with Crippen LogP contribution in [0.2, 0.25) is 0 Å². The summed E-state index contributed by atoms with van der Waals surface area (Å²) in [7, 11) is 0. The number of hydrogen-bond acceptors (Lipinski definition) is 7. The van der Waals surface area contributed by atoms with Crippen LogP contribution in [0.1, 0.15) is 6.92 Å². The van der Waals surface area contributed by atoms with Gasteiger partial charge in [-0.05, 0) is 0 Å². The van der Waals surface area contributed by atoms with Gasteiger partial charge in [-0.3, -0.25) is 4.79 Å². The minimum absolute atomic E-state index is 0.478. The molecule has 84 valence electrons. The Morgan fingerprint density at radius 1 is 1.67 bits per heavy atom. The van der Waals surface area contributed by atoms with Crippen molar-refractivity contribution in [2.45, 2.75) is 19.1 Å². The molecule has 0 saturated heterocycles. The van der Waals surface area contributed by atoms with E-state index in [9.17, 15) is 14.7 Å². The van der Waals surface area contributed by atoms with E-state index < -0.39 is 42.3 Å². The highest BCUT2D eigenvalue weighted by molar-refractivity contribution is 5.89. The van der Waals surface area contributed by atoms with E-state index in [4.69, 9.17) is 10.2 Å². The maximum Gasteiger partial charge on any atom is 0.378 e. The first kappa shape index (κ1) is 11.5. The van der Waals surface area contributed by atoms with Crippen molar-refractivity contribution < 1.29 is 34.4 Å². The Bertz CT molecular complexity index is 319. The lowest BCUT2D eigenvalue weighted by molar-refractivity contribution is -0.150. The van der Waals surface area contributed by atoms with Gasteiger partial charge >= 0.3 is 11.9 Å². The number of esters is 2. The van der Waals surface area contributed by atoms with Crippen LogP contribution in [0.4, 0.5) is 0 Å². The van der Waals surface area contributed by atoms with E-state index in [0.29, 0.717) is 0 Å². The zero-order valence-electron chi connectivity index (χ0n) is 7.84. The van der Waals surface area contributed by atoms with Gasteiger partial charge in [0.25, 0.3) is 0 Å². The van der Waals surface area contributed by atoms with Crippen molar-refractivity contribution in [2.75, 3.05) is 6.61 Å². The molecule has 0 radical (unpaired) electrons.